The maximum Gasteiger partial charge on any atom is 0.282 e. The van der Waals surface area contributed by atoms with Gasteiger partial charge in [0.05, 0.1) is 0 Å². The molecule has 2 aliphatic rings. The summed E-state index contributed by atoms with van der Waals surface area (Å²) in [5.41, 5.74) is 0.329. The van der Waals surface area contributed by atoms with Crippen molar-refractivity contribution >= 4 is 22.0 Å². The van der Waals surface area contributed by atoms with Crippen molar-refractivity contribution in [2.45, 2.75) is 24.5 Å². The molecule has 0 N–H and O–H groups in total. The summed E-state index contributed by atoms with van der Waals surface area (Å²) in [4.78, 5) is 0. The summed E-state index contributed by atoms with van der Waals surface area (Å²) in [6, 6.07) is 3.46. The molecular formula is C15H20F2N2O2S2. The average Bonchev–Trinajstić information content (AvgIpc) is 2.95. The van der Waals surface area contributed by atoms with Crippen molar-refractivity contribution in [1.82, 2.24) is 8.61 Å². The Balaban J connectivity index is 1.73. The molecule has 2 saturated heterocycles. The standard InChI is InChI=1S/C15H20F2N2O2S2/c16-12-3-4-14(17)13(11-12)15-5-8-19(9-10-22-15)23(20,21)18-6-1-2-7-18/h3-4,11,15H,1-2,5-10H2. The molecule has 1 aromatic carbocycles. The Hall–Kier alpha value is -0.700. The van der Waals surface area contributed by atoms with E-state index in [2.05, 4.69) is 0 Å². The molecule has 2 aliphatic heterocycles. The fourth-order valence-corrected chi connectivity index (χ4v) is 6.14. The highest BCUT2D eigenvalue weighted by Gasteiger charge is 2.33. The van der Waals surface area contributed by atoms with E-state index >= 15 is 0 Å². The van der Waals surface area contributed by atoms with Crippen LogP contribution in [0.1, 0.15) is 30.1 Å². The maximum atomic E-state index is 13.9. The molecule has 2 fully saturated rings. The van der Waals surface area contributed by atoms with Gasteiger partial charge in [-0.05, 0) is 37.5 Å². The number of halogens is 2. The zero-order valence-electron chi connectivity index (χ0n) is 12.7. The molecule has 3 rings (SSSR count). The summed E-state index contributed by atoms with van der Waals surface area (Å²) in [7, 11) is -3.42. The van der Waals surface area contributed by atoms with E-state index < -0.39 is 21.8 Å². The first-order chi connectivity index (χ1) is 11.0. The molecule has 0 aromatic heterocycles. The van der Waals surface area contributed by atoms with Gasteiger partial charge in [-0.1, -0.05) is 0 Å². The van der Waals surface area contributed by atoms with E-state index in [1.807, 2.05) is 0 Å². The van der Waals surface area contributed by atoms with E-state index in [4.69, 9.17) is 0 Å². The van der Waals surface area contributed by atoms with E-state index in [9.17, 15) is 17.2 Å². The minimum Gasteiger partial charge on any atom is -0.207 e. The highest BCUT2D eigenvalue weighted by Crippen LogP contribution is 2.36. The molecule has 1 unspecified atom stereocenters. The lowest BCUT2D eigenvalue weighted by molar-refractivity contribution is 0.370. The molecule has 0 spiro atoms. The van der Waals surface area contributed by atoms with Gasteiger partial charge in [0.25, 0.3) is 10.2 Å². The van der Waals surface area contributed by atoms with Crippen LogP contribution in [0.25, 0.3) is 0 Å². The number of hydrogen-bond donors (Lipinski definition) is 0. The van der Waals surface area contributed by atoms with Crippen molar-refractivity contribution in [3.63, 3.8) is 0 Å². The van der Waals surface area contributed by atoms with E-state index in [1.165, 1.54) is 26.4 Å². The first-order valence-electron chi connectivity index (χ1n) is 7.80. The summed E-state index contributed by atoms with van der Waals surface area (Å²) >= 11 is 1.49. The Morgan fingerprint density at radius 2 is 1.74 bits per heavy atom. The molecule has 1 aromatic rings. The average molecular weight is 362 g/mol. The maximum absolute atomic E-state index is 13.9. The highest BCUT2D eigenvalue weighted by atomic mass is 32.2. The summed E-state index contributed by atoms with van der Waals surface area (Å²) in [6.45, 7) is 1.91. The molecule has 8 heteroatoms. The fraction of sp³-hybridized carbons (Fsp3) is 0.600. The molecule has 23 heavy (non-hydrogen) atoms. The summed E-state index contributed by atoms with van der Waals surface area (Å²) in [5.74, 6) is -0.319. The predicted octanol–water partition coefficient (Wildman–Crippen LogP) is 2.79. The van der Waals surface area contributed by atoms with Crippen molar-refractivity contribution < 1.29 is 17.2 Å². The molecule has 0 aliphatic carbocycles. The van der Waals surface area contributed by atoms with Crippen LogP contribution >= 0.6 is 11.8 Å². The van der Waals surface area contributed by atoms with Gasteiger partial charge in [-0.3, -0.25) is 0 Å². The zero-order valence-corrected chi connectivity index (χ0v) is 14.4. The number of hydrogen-bond acceptors (Lipinski definition) is 3. The van der Waals surface area contributed by atoms with E-state index in [0.717, 1.165) is 25.0 Å². The Labute approximate surface area is 140 Å². The second-order valence-electron chi connectivity index (χ2n) is 5.83. The van der Waals surface area contributed by atoms with Crippen LogP contribution in [0.2, 0.25) is 0 Å². The van der Waals surface area contributed by atoms with Crippen LogP contribution in [0, 0.1) is 11.6 Å². The molecule has 128 valence electrons. The lowest BCUT2D eigenvalue weighted by Crippen LogP contribution is -2.43. The first kappa shape index (κ1) is 17.1. The number of benzene rings is 1. The van der Waals surface area contributed by atoms with Crippen molar-refractivity contribution in [3.8, 4) is 0 Å². The van der Waals surface area contributed by atoms with Crippen molar-refractivity contribution in [3.05, 3.63) is 35.4 Å². The molecule has 0 radical (unpaired) electrons. The molecule has 2 heterocycles. The second kappa shape index (κ2) is 7.04. The molecule has 0 amide bonds. The van der Waals surface area contributed by atoms with Gasteiger partial charge < -0.3 is 0 Å². The summed E-state index contributed by atoms with van der Waals surface area (Å²) in [6.07, 6.45) is 2.29. The van der Waals surface area contributed by atoms with E-state index in [0.29, 0.717) is 43.9 Å². The van der Waals surface area contributed by atoms with Gasteiger partial charge >= 0.3 is 0 Å². The van der Waals surface area contributed by atoms with Crippen LogP contribution in [-0.2, 0) is 10.2 Å². The molecule has 0 saturated carbocycles. The van der Waals surface area contributed by atoms with Crippen LogP contribution in [0.15, 0.2) is 18.2 Å². The SMILES string of the molecule is O=S(=O)(N1CCCC1)N1CCSC(c2cc(F)ccc2F)CC1. The van der Waals surface area contributed by atoms with Crippen LogP contribution in [-0.4, -0.2) is 49.0 Å². The molecule has 0 bridgehead atoms. The third-order valence-corrected chi connectivity index (χ3v) is 7.67. The smallest absolute Gasteiger partial charge is 0.207 e. The van der Waals surface area contributed by atoms with Crippen molar-refractivity contribution in [2.24, 2.45) is 0 Å². The van der Waals surface area contributed by atoms with Crippen molar-refractivity contribution in [2.75, 3.05) is 31.9 Å². The van der Waals surface area contributed by atoms with Crippen LogP contribution in [0.3, 0.4) is 0 Å². The van der Waals surface area contributed by atoms with Crippen LogP contribution < -0.4 is 0 Å². The lowest BCUT2D eigenvalue weighted by Gasteiger charge is -2.25. The van der Waals surface area contributed by atoms with E-state index in [1.54, 1.807) is 0 Å². The first-order valence-corrected chi connectivity index (χ1v) is 10.2. The largest absolute Gasteiger partial charge is 0.282 e. The second-order valence-corrected chi connectivity index (χ2v) is 9.07. The van der Waals surface area contributed by atoms with Gasteiger partial charge in [-0.25, -0.2) is 8.78 Å². The van der Waals surface area contributed by atoms with Gasteiger partial charge in [0.1, 0.15) is 11.6 Å². The molecule has 4 nitrogen and oxygen atoms in total. The highest BCUT2D eigenvalue weighted by molar-refractivity contribution is 7.99. The Bertz CT molecular complexity index is 663. The van der Waals surface area contributed by atoms with Gasteiger partial charge in [-0.2, -0.15) is 28.8 Å². The normalized spacial score (nSPS) is 24.7. The number of nitrogens with zero attached hydrogens (tertiary/aromatic N) is 2. The van der Waals surface area contributed by atoms with Gasteiger partial charge in [-0.15, -0.1) is 0 Å². The molecular weight excluding hydrogens is 342 g/mol. The van der Waals surface area contributed by atoms with E-state index in [-0.39, 0.29) is 5.25 Å². The quantitative estimate of drug-likeness (QED) is 0.830. The van der Waals surface area contributed by atoms with Crippen LogP contribution in [0.5, 0.6) is 0 Å². The third-order valence-electron chi connectivity index (χ3n) is 4.32. The minimum atomic E-state index is -3.42. The van der Waals surface area contributed by atoms with Gasteiger partial charge in [0, 0.05) is 42.7 Å². The zero-order chi connectivity index (χ0) is 16.4. The Kier molecular flexibility index (Phi) is 5.25. The van der Waals surface area contributed by atoms with Crippen molar-refractivity contribution in [1.29, 1.82) is 0 Å². The van der Waals surface area contributed by atoms with Crippen LogP contribution in [0.4, 0.5) is 8.78 Å². The molecule has 1 atom stereocenters. The Morgan fingerprint density at radius 1 is 1.04 bits per heavy atom. The fourth-order valence-electron chi connectivity index (χ4n) is 3.07. The number of thioether (sulfide) groups is 1. The summed E-state index contributed by atoms with van der Waals surface area (Å²) < 4.78 is 55.6. The predicted molar refractivity (Wildman–Crippen MR) is 87.5 cm³/mol. The van der Waals surface area contributed by atoms with Gasteiger partial charge in [0.15, 0.2) is 0 Å². The monoisotopic (exact) mass is 362 g/mol. The topological polar surface area (TPSA) is 40.6 Å². The lowest BCUT2D eigenvalue weighted by atomic mass is 10.1. The minimum absolute atomic E-state index is 0.218. The Morgan fingerprint density at radius 3 is 2.48 bits per heavy atom. The third kappa shape index (κ3) is 3.70. The number of rotatable bonds is 3. The van der Waals surface area contributed by atoms with Gasteiger partial charge in [0.2, 0.25) is 0 Å². The summed E-state index contributed by atoms with van der Waals surface area (Å²) in [5, 5.41) is -0.218.